The fourth-order valence-corrected chi connectivity index (χ4v) is 2.75. The number of unbranched alkanes of at least 4 members (excludes halogenated alkanes) is 1. The van der Waals surface area contributed by atoms with Gasteiger partial charge in [-0.15, -0.1) is 0 Å². The molecule has 0 aromatic carbocycles. The molecule has 0 N–H and O–H groups in total. The summed E-state index contributed by atoms with van der Waals surface area (Å²) in [5, 5.41) is 3.74. The molecule has 0 aliphatic heterocycles. The van der Waals surface area contributed by atoms with Crippen molar-refractivity contribution in [3.63, 3.8) is 0 Å². The molecule has 0 saturated heterocycles. The molecular formula is C15H19F2N5O2. The van der Waals surface area contributed by atoms with Gasteiger partial charge in [0.2, 0.25) is 0 Å². The average Bonchev–Trinajstić information content (AvgIpc) is 3.09. The van der Waals surface area contributed by atoms with Gasteiger partial charge in [0.25, 0.3) is 0 Å². The zero-order chi connectivity index (χ0) is 17.1. The average molecular weight is 339 g/mol. The van der Waals surface area contributed by atoms with Crippen molar-refractivity contribution in [2.24, 2.45) is 5.92 Å². The van der Waals surface area contributed by atoms with E-state index in [-0.39, 0.29) is 11.7 Å². The molecule has 1 aliphatic rings. The summed E-state index contributed by atoms with van der Waals surface area (Å²) in [5.41, 5.74) is -0.708. The SMILES string of the molecule is CCCCOC[C@H]1C[C@@H](n2cc(F)c(-n3cncn3)nc2=O)C1F. The molecule has 7 nitrogen and oxygen atoms in total. The molecule has 2 heterocycles. The summed E-state index contributed by atoms with van der Waals surface area (Å²) in [6, 6.07) is -0.705. The standard InChI is InChI=1S/C15H19F2N5O2/c1-2-3-4-24-7-10-5-12(13(10)17)21-6-11(16)14(20-15(21)23)22-9-18-8-19-22/h6,8-10,12-13H,2-5,7H2,1H3/t10-,12-,13?/m1/s1. The normalized spacial score (nSPS) is 23.2. The number of halogens is 2. The van der Waals surface area contributed by atoms with Gasteiger partial charge in [-0.05, 0) is 12.8 Å². The predicted molar refractivity (Wildman–Crippen MR) is 81.1 cm³/mol. The third-order valence-corrected chi connectivity index (χ3v) is 4.22. The van der Waals surface area contributed by atoms with Gasteiger partial charge in [0.15, 0.2) is 11.6 Å². The monoisotopic (exact) mass is 339 g/mol. The zero-order valence-corrected chi connectivity index (χ0v) is 13.3. The summed E-state index contributed by atoms with van der Waals surface area (Å²) in [4.78, 5) is 19.4. The number of hydrogen-bond donors (Lipinski definition) is 0. The molecule has 0 spiro atoms. The maximum absolute atomic E-state index is 14.3. The number of rotatable bonds is 7. The summed E-state index contributed by atoms with van der Waals surface area (Å²) in [6.45, 7) is 2.98. The highest BCUT2D eigenvalue weighted by atomic mass is 19.1. The van der Waals surface area contributed by atoms with Crippen LogP contribution in [0.25, 0.3) is 5.82 Å². The second-order valence-electron chi connectivity index (χ2n) is 5.88. The van der Waals surface area contributed by atoms with E-state index < -0.39 is 23.7 Å². The van der Waals surface area contributed by atoms with Crippen molar-refractivity contribution in [2.45, 2.75) is 38.4 Å². The number of alkyl halides is 1. The molecule has 1 fully saturated rings. The highest BCUT2D eigenvalue weighted by Crippen LogP contribution is 2.40. The molecule has 9 heteroatoms. The Bertz CT molecular complexity index is 734. The van der Waals surface area contributed by atoms with Crippen molar-refractivity contribution in [1.82, 2.24) is 24.3 Å². The molecule has 0 bridgehead atoms. The molecule has 1 unspecified atom stereocenters. The van der Waals surface area contributed by atoms with Crippen molar-refractivity contribution < 1.29 is 13.5 Å². The van der Waals surface area contributed by atoms with Crippen LogP contribution in [0.5, 0.6) is 0 Å². The highest BCUT2D eigenvalue weighted by molar-refractivity contribution is 5.20. The quantitative estimate of drug-likeness (QED) is 0.718. The molecule has 1 saturated carbocycles. The van der Waals surface area contributed by atoms with Crippen LogP contribution in [0.3, 0.4) is 0 Å². The van der Waals surface area contributed by atoms with Crippen LogP contribution in [0, 0.1) is 11.7 Å². The van der Waals surface area contributed by atoms with Crippen molar-refractivity contribution in [3.8, 4) is 5.82 Å². The van der Waals surface area contributed by atoms with Crippen LogP contribution < -0.4 is 5.69 Å². The summed E-state index contributed by atoms with van der Waals surface area (Å²) in [7, 11) is 0. The molecule has 0 radical (unpaired) electrons. The van der Waals surface area contributed by atoms with Crippen LogP contribution in [0.2, 0.25) is 0 Å². The van der Waals surface area contributed by atoms with Gasteiger partial charge >= 0.3 is 5.69 Å². The molecule has 0 amide bonds. The van der Waals surface area contributed by atoms with Gasteiger partial charge < -0.3 is 4.74 Å². The topological polar surface area (TPSA) is 74.8 Å². The lowest BCUT2D eigenvalue weighted by Gasteiger charge is -2.40. The summed E-state index contributed by atoms with van der Waals surface area (Å²) in [6.07, 6.45) is 4.56. The van der Waals surface area contributed by atoms with Crippen LogP contribution >= 0.6 is 0 Å². The van der Waals surface area contributed by atoms with E-state index >= 15 is 0 Å². The van der Waals surface area contributed by atoms with E-state index in [9.17, 15) is 13.6 Å². The van der Waals surface area contributed by atoms with E-state index in [4.69, 9.17) is 4.74 Å². The summed E-state index contributed by atoms with van der Waals surface area (Å²) in [5.74, 6) is -1.27. The Hall–Kier alpha value is -2.16. The van der Waals surface area contributed by atoms with Crippen molar-refractivity contribution in [2.75, 3.05) is 13.2 Å². The second kappa shape index (κ2) is 7.16. The number of nitrogens with zero attached hydrogens (tertiary/aromatic N) is 5. The first-order chi connectivity index (χ1) is 11.6. The van der Waals surface area contributed by atoms with E-state index in [0.717, 1.165) is 28.3 Å². The summed E-state index contributed by atoms with van der Waals surface area (Å²) >= 11 is 0. The lowest BCUT2D eigenvalue weighted by atomic mass is 9.78. The van der Waals surface area contributed by atoms with Gasteiger partial charge in [0, 0.05) is 18.7 Å². The lowest BCUT2D eigenvalue weighted by molar-refractivity contribution is -0.0275. The molecule has 2 aromatic heterocycles. The molecular weight excluding hydrogens is 320 g/mol. The van der Waals surface area contributed by atoms with E-state index in [1.54, 1.807) is 0 Å². The van der Waals surface area contributed by atoms with Gasteiger partial charge in [0.1, 0.15) is 18.8 Å². The fraction of sp³-hybridized carbons (Fsp3) is 0.600. The van der Waals surface area contributed by atoms with Gasteiger partial charge in [-0.2, -0.15) is 14.8 Å². The Morgan fingerprint density at radius 3 is 2.96 bits per heavy atom. The third-order valence-electron chi connectivity index (χ3n) is 4.22. The second-order valence-corrected chi connectivity index (χ2v) is 5.88. The van der Waals surface area contributed by atoms with E-state index in [0.29, 0.717) is 19.6 Å². The van der Waals surface area contributed by atoms with Crippen molar-refractivity contribution >= 4 is 0 Å². The zero-order valence-electron chi connectivity index (χ0n) is 13.3. The third kappa shape index (κ3) is 3.21. The highest BCUT2D eigenvalue weighted by Gasteiger charge is 2.43. The maximum Gasteiger partial charge on any atom is 0.350 e. The number of aromatic nitrogens is 5. The van der Waals surface area contributed by atoms with E-state index in [1.807, 2.05) is 0 Å². The fourth-order valence-electron chi connectivity index (χ4n) is 2.75. The molecule has 24 heavy (non-hydrogen) atoms. The first-order valence-electron chi connectivity index (χ1n) is 7.97. The van der Waals surface area contributed by atoms with Crippen LogP contribution in [0.15, 0.2) is 23.6 Å². The van der Waals surface area contributed by atoms with Gasteiger partial charge in [-0.3, -0.25) is 4.57 Å². The van der Waals surface area contributed by atoms with E-state index in [1.165, 1.54) is 12.7 Å². The summed E-state index contributed by atoms with van der Waals surface area (Å²) < 4.78 is 36.0. The van der Waals surface area contributed by atoms with Crippen LogP contribution in [-0.4, -0.2) is 43.7 Å². The van der Waals surface area contributed by atoms with Crippen LogP contribution in [0.4, 0.5) is 8.78 Å². The molecule has 2 aromatic rings. The maximum atomic E-state index is 14.3. The number of ether oxygens (including phenoxy) is 1. The predicted octanol–water partition coefficient (Wildman–Crippen LogP) is 1.68. The number of hydrogen-bond acceptors (Lipinski definition) is 5. The smallest absolute Gasteiger partial charge is 0.350 e. The van der Waals surface area contributed by atoms with Crippen molar-refractivity contribution in [3.05, 3.63) is 35.2 Å². The van der Waals surface area contributed by atoms with Gasteiger partial charge in [0.05, 0.1) is 12.6 Å². The van der Waals surface area contributed by atoms with Crippen LogP contribution in [-0.2, 0) is 4.74 Å². The Kier molecular flexibility index (Phi) is 4.98. The molecule has 1 aliphatic carbocycles. The first-order valence-corrected chi connectivity index (χ1v) is 7.97. The Balaban J connectivity index is 1.68. The lowest BCUT2D eigenvalue weighted by Crippen LogP contribution is -2.46. The Labute approximate surface area is 137 Å². The minimum Gasteiger partial charge on any atom is -0.381 e. The minimum absolute atomic E-state index is 0.247. The molecule has 3 atom stereocenters. The first kappa shape index (κ1) is 16.7. The largest absolute Gasteiger partial charge is 0.381 e. The van der Waals surface area contributed by atoms with Gasteiger partial charge in [-0.25, -0.2) is 18.6 Å². The van der Waals surface area contributed by atoms with Crippen molar-refractivity contribution in [1.29, 1.82) is 0 Å². The van der Waals surface area contributed by atoms with Gasteiger partial charge in [-0.1, -0.05) is 13.3 Å². The molecule has 3 rings (SSSR count). The molecule has 130 valence electrons. The van der Waals surface area contributed by atoms with E-state index in [2.05, 4.69) is 22.0 Å². The Morgan fingerprint density at radius 2 is 2.29 bits per heavy atom. The minimum atomic E-state index is -1.25. The Morgan fingerprint density at radius 1 is 1.46 bits per heavy atom. The van der Waals surface area contributed by atoms with Crippen LogP contribution in [0.1, 0.15) is 32.2 Å².